The Kier molecular flexibility index (Phi) is 2.02. The fourth-order valence-corrected chi connectivity index (χ4v) is 1.42. The Hall–Kier alpha value is -1.39. The van der Waals surface area contributed by atoms with Crippen molar-refractivity contribution in [3.05, 3.63) is 11.6 Å². The number of aromatic nitrogens is 3. The third-order valence-electron chi connectivity index (χ3n) is 2.51. The van der Waals surface area contributed by atoms with Crippen molar-refractivity contribution in [1.82, 2.24) is 14.8 Å². The van der Waals surface area contributed by atoms with Crippen LogP contribution in [0.1, 0.15) is 43.3 Å². The molecule has 1 atom stereocenters. The van der Waals surface area contributed by atoms with Gasteiger partial charge in [0.15, 0.2) is 5.82 Å². The first-order valence-corrected chi connectivity index (χ1v) is 4.73. The molecule has 0 bridgehead atoms. The molecule has 1 N–H and O–H groups in total. The summed E-state index contributed by atoms with van der Waals surface area (Å²) in [4.78, 5) is 15.0. The second kappa shape index (κ2) is 3.08. The third kappa shape index (κ3) is 1.49. The summed E-state index contributed by atoms with van der Waals surface area (Å²) < 4.78 is 1.58. The van der Waals surface area contributed by atoms with E-state index in [1.54, 1.807) is 18.7 Å². The fraction of sp³-hybridized carbons (Fsp3) is 0.667. The highest BCUT2D eigenvalue weighted by atomic mass is 16.4. The van der Waals surface area contributed by atoms with Gasteiger partial charge in [-0.2, -0.15) is 5.10 Å². The molecule has 76 valence electrons. The Morgan fingerprint density at radius 2 is 2.29 bits per heavy atom. The van der Waals surface area contributed by atoms with Crippen molar-refractivity contribution >= 4 is 5.97 Å². The van der Waals surface area contributed by atoms with Gasteiger partial charge in [0.2, 0.25) is 0 Å². The summed E-state index contributed by atoms with van der Waals surface area (Å²) in [5.74, 6) is 0.369. The van der Waals surface area contributed by atoms with E-state index in [-0.39, 0.29) is 0 Å². The molecule has 1 aliphatic carbocycles. The number of carboxylic acid groups (broad SMARTS) is 1. The van der Waals surface area contributed by atoms with Gasteiger partial charge in [-0.3, -0.25) is 9.48 Å². The van der Waals surface area contributed by atoms with Crippen LogP contribution in [0.15, 0.2) is 0 Å². The summed E-state index contributed by atoms with van der Waals surface area (Å²) in [6.45, 7) is 1.63. The maximum absolute atomic E-state index is 10.8. The van der Waals surface area contributed by atoms with Crippen LogP contribution in [-0.2, 0) is 11.8 Å². The topological polar surface area (TPSA) is 68.0 Å². The average Bonchev–Trinajstić information content (AvgIpc) is 2.89. The predicted molar refractivity (Wildman–Crippen MR) is 49.0 cm³/mol. The van der Waals surface area contributed by atoms with Gasteiger partial charge >= 0.3 is 5.97 Å². The molecule has 2 rings (SSSR count). The normalized spacial score (nSPS) is 18.1. The first-order chi connectivity index (χ1) is 6.59. The monoisotopic (exact) mass is 195 g/mol. The molecule has 0 aliphatic heterocycles. The van der Waals surface area contributed by atoms with E-state index in [2.05, 4.69) is 10.1 Å². The summed E-state index contributed by atoms with van der Waals surface area (Å²) in [7, 11) is 1.74. The maximum Gasteiger partial charge on any atom is 0.313 e. The summed E-state index contributed by atoms with van der Waals surface area (Å²) in [6.07, 6.45) is 2.26. The fourth-order valence-electron chi connectivity index (χ4n) is 1.42. The number of nitrogens with zero attached hydrogens (tertiary/aromatic N) is 3. The minimum absolute atomic E-state index is 0.468. The highest BCUT2D eigenvalue weighted by molar-refractivity contribution is 5.74. The maximum atomic E-state index is 10.8. The van der Waals surface area contributed by atoms with Crippen LogP contribution >= 0.6 is 0 Å². The highest BCUT2D eigenvalue weighted by Crippen LogP contribution is 2.38. The first kappa shape index (κ1) is 9.18. The molecule has 5 nitrogen and oxygen atoms in total. The van der Waals surface area contributed by atoms with Crippen LogP contribution in [0.2, 0.25) is 0 Å². The van der Waals surface area contributed by atoms with Crippen molar-refractivity contribution in [2.24, 2.45) is 7.05 Å². The van der Waals surface area contributed by atoms with Gasteiger partial charge in [0.05, 0.1) is 0 Å². The molecule has 1 heterocycles. The molecule has 1 aliphatic rings. The molecule has 5 heteroatoms. The second-order valence-electron chi connectivity index (χ2n) is 3.79. The Labute approximate surface area is 81.8 Å². The number of hydrogen-bond acceptors (Lipinski definition) is 3. The van der Waals surface area contributed by atoms with Crippen molar-refractivity contribution in [2.75, 3.05) is 0 Å². The molecule has 14 heavy (non-hydrogen) atoms. The van der Waals surface area contributed by atoms with Gasteiger partial charge in [-0.1, -0.05) is 0 Å². The molecule has 0 saturated heterocycles. The Morgan fingerprint density at radius 3 is 2.79 bits per heavy atom. The number of aliphatic carboxylic acids is 1. The van der Waals surface area contributed by atoms with E-state index < -0.39 is 11.9 Å². The van der Waals surface area contributed by atoms with Crippen LogP contribution in [0, 0.1) is 0 Å². The number of rotatable bonds is 3. The molecule has 0 spiro atoms. The van der Waals surface area contributed by atoms with Gasteiger partial charge in [0.25, 0.3) is 0 Å². The lowest BCUT2D eigenvalue weighted by Crippen LogP contribution is -2.13. The summed E-state index contributed by atoms with van der Waals surface area (Å²) in [6, 6.07) is 0. The molecule has 1 aromatic rings. The standard InChI is InChI=1S/C9H13N3O2/c1-5(9(13)14)8-10-7(6-3-4-6)11-12(8)2/h5-6H,3-4H2,1-2H3,(H,13,14). The number of aryl methyl sites for hydroxylation is 1. The van der Waals surface area contributed by atoms with Crippen molar-refractivity contribution in [3.8, 4) is 0 Å². The van der Waals surface area contributed by atoms with Crippen molar-refractivity contribution in [2.45, 2.75) is 31.6 Å². The van der Waals surface area contributed by atoms with E-state index in [1.165, 1.54) is 0 Å². The molecule has 1 unspecified atom stereocenters. The van der Waals surface area contributed by atoms with Crippen molar-refractivity contribution in [1.29, 1.82) is 0 Å². The van der Waals surface area contributed by atoms with Gasteiger partial charge in [0, 0.05) is 13.0 Å². The van der Waals surface area contributed by atoms with E-state index in [0.29, 0.717) is 11.7 Å². The van der Waals surface area contributed by atoms with Gasteiger partial charge in [0.1, 0.15) is 11.7 Å². The smallest absolute Gasteiger partial charge is 0.313 e. The lowest BCUT2D eigenvalue weighted by Gasteiger charge is -2.03. The molecule has 0 radical (unpaired) electrons. The highest BCUT2D eigenvalue weighted by Gasteiger charge is 2.30. The molecule has 1 fully saturated rings. The Morgan fingerprint density at radius 1 is 1.64 bits per heavy atom. The van der Waals surface area contributed by atoms with Crippen LogP contribution in [0.4, 0.5) is 0 Å². The molecular formula is C9H13N3O2. The van der Waals surface area contributed by atoms with Crippen LogP contribution in [0.3, 0.4) is 0 Å². The van der Waals surface area contributed by atoms with E-state index in [1.807, 2.05) is 0 Å². The first-order valence-electron chi connectivity index (χ1n) is 4.73. The van der Waals surface area contributed by atoms with Crippen LogP contribution in [-0.4, -0.2) is 25.8 Å². The molecule has 1 aromatic heterocycles. The van der Waals surface area contributed by atoms with Gasteiger partial charge in [-0.15, -0.1) is 0 Å². The van der Waals surface area contributed by atoms with Crippen LogP contribution in [0.5, 0.6) is 0 Å². The zero-order valence-corrected chi connectivity index (χ0v) is 8.27. The van der Waals surface area contributed by atoms with Crippen LogP contribution < -0.4 is 0 Å². The minimum atomic E-state index is -0.858. The van der Waals surface area contributed by atoms with E-state index in [0.717, 1.165) is 18.7 Å². The zero-order valence-electron chi connectivity index (χ0n) is 8.27. The van der Waals surface area contributed by atoms with E-state index in [9.17, 15) is 4.79 Å². The molecular weight excluding hydrogens is 182 g/mol. The van der Waals surface area contributed by atoms with Gasteiger partial charge in [-0.25, -0.2) is 4.98 Å². The average molecular weight is 195 g/mol. The second-order valence-corrected chi connectivity index (χ2v) is 3.79. The SMILES string of the molecule is CC(C(=O)O)c1nc(C2CC2)nn1C. The lowest BCUT2D eigenvalue weighted by atomic mass is 10.2. The summed E-state index contributed by atoms with van der Waals surface area (Å²) in [5.41, 5.74) is 0. The quantitative estimate of drug-likeness (QED) is 0.777. The summed E-state index contributed by atoms with van der Waals surface area (Å²) in [5, 5.41) is 13.1. The summed E-state index contributed by atoms with van der Waals surface area (Å²) >= 11 is 0. The number of hydrogen-bond donors (Lipinski definition) is 1. The van der Waals surface area contributed by atoms with Gasteiger partial charge in [-0.05, 0) is 19.8 Å². The van der Waals surface area contributed by atoms with Crippen LogP contribution in [0.25, 0.3) is 0 Å². The minimum Gasteiger partial charge on any atom is -0.481 e. The van der Waals surface area contributed by atoms with Crippen molar-refractivity contribution in [3.63, 3.8) is 0 Å². The Balaban J connectivity index is 2.28. The molecule has 0 amide bonds. The predicted octanol–water partition coefficient (Wildman–Crippen LogP) is 0.881. The van der Waals surface area contributed by atoms with E-state index >= 15 is 0 Å². The zero-order chi connectivity index (χ0) is 10.3. The number of carbonyl (C=O) groups is 1. The molecule has 0 aromatic carbocycles. The van der Waals surface area contributed by atoms with Gasteiger partial charge < -0.3 is 5.11 Å². The Bertz CT molecular complexity index is 368. The number of carboxylic acids is 1. The lowest BCUT2D eigenvalue weighted by molar-refractivity contribution is -0.138. The van der Waals surface area contributed by atoms with E-state index in [4.69, 9.17) is 5.11 Å². The largest absolute Gasteiger partial charge is 0.481 e. The van der Waals surface area contributed by atoms with Crippen molar-refractivity contribution < 1.29 is 9.90 Å². The third-order valence-corrected chi connectivity index (χ3v) is 2.51. The molecule has 1 saturated carbocycles.